The van der Waals surface area contributed by atoms with Gasteiger partial charge in [-0.2, -0.15) is 0 Å². The second kappa shape index (κ2) is 6.76. The van der Waals surface area contributed by atoms with Crippen LogP contribution in [0.3, 0.4) is 0 Å². The molecule has 2 rings (SSSR count). The van der Waals surface area contributed by atoms with E-state index in [9.17, 15) is 0 Å². The Morgan fingerprint density at radius 2 is 2.06 bits per heavy atom. The lowest BCUT2D eigenvalue weighted by atomic mass is 9.92. The maximum Gasteiger partial charge on any atom is 0.119 e. The molecule has 100 valence electrons. The van der Waals surface area contributed by atoms with Crippen molar-refractivity contribution in [2.75, 3.05) is 13.2 Å². The van der Waals surface area contributed by atoms with Crippen molar-refractivity contribution in [2.45, 2.75) is 44.7 Å². The molecule has 0 amide bonds. The Morgan fingerprint density at radius 1 is 1.28 bits per heavy atom. The number of aryl methyl sites for hydroxylation is 1. The van der Waals surface area contributed by atoms with E-state index in [2.05, 4.69) is 24.4 Å². The zero-order valence-electron chi connectivity index (χ0n) is 11.2. The summed E-state index contributed by atoms with van der Waals surface area (Å²) in [5.41, 5.74) is 7.13. The molecule has 1 aromatic carbocycles. The first kappa shape index (κ1) is 13.4. The van der Waals surface area contributed by atoms with Crippen LogP contribution in [0.1, 0.15) is 31.2 Å². The molecule has 18 heavy (non-hydrogen) atoms. The van der Waals surface area contributed by atoms with Gasteiger partial charge in [-0.1, -0.05) is 12.1 Å². The van der Waals surface area contributed by atoms with E-state index in [1.165, 1.54) is 18.4 Å². The van der Waals surface area contributed by atoms with Gasteiger partial charge in [0, 0.05) is 18.6 Å². The lowest BCUT2D eigenvalue weighted by molar-refractivity contribution is 0.283. The highest BCUT2D eigenvalue weighted by Gasteiger charge is 2.17. The molecule has 0 aliphatic heterocycles. The zero-order chi connectivity index (χ0) is 12.8. The first-order valence-electron chi connectivity index (χ1n) is 6.92. The number of hydrogen-bond donors (Lipinski definition) is 2. The fraction of sp³-hybridized carbons (Fsp3) is 0.600. The summed E-state index contributed by atoms with van der Waals surface area (Å²) in [7, 11) is 0. The highest BCUT2D eigenvalue weighted by Crippen LogP contribution is 2.16. The van der Waals surface area contributed by atoms with Crippen LogP contribution in [0, 0.1) is 6.92 Å². The maximum atomic E-state index is 5.89. The molecule has 1 aromatic rings. The molecule has 3 heteroatoms. The minimum atomic E-state index is 0.423. The summed E-state index contributed by atoms with van der Waals surface area (Å²) in [5.74, 6) is 0.961. The third-order valence-electron chi connectivity index (χ3n) is 3.57. The van der Waals surface area contributed by atoms with Gasteiger partial charge >= 0.3 is 0 Å². The van der Waals surface area contributed by atoms with Crippen LogP contribution in [0.4, 0.5) is 0 Å². The van der Waals surface area contributed by atoms with Crippen LogP contribution in [-0.4, -0.2) is 25.2 Å². The van der Waals surface area contributed by atoms with Crippen molar-refractivity contribution in [3.8, 4) is 5.75 Å². The van der Waals surface area contributed by atoms with Crippen LogP contribution in [-0.2, 0) is 0 Å². The zero-order valence-corrected chi connectivity index (χ0v) is 11.2. The van der Waals surface area contributed by atoms with Gasteiger partial charge in [-0.25, -0.2) is 0 Å². The molecule has 3 nitrogen and oxygen atoms in total. The molecule has 1 saturated carbocycles. The van der Waals surface area contributed by atoms with Gasteiger partial charge < -0.3 is 15.8 Å². The number of nitrogens with one attached hydrogen (secondary N) is 1. The van der Waals surface area contributed by atoms with Gasteiger partial charge in [0.05, 0.1) is 0 Å². The standard InChI is InChI=1S/C15H24N2O/c1-12-3-2-4-15(11-12)18-10-9-17-14-7-5-13(16)6-8-14/h2-4,11,13-14,17H,5-10,16H2,1H3. The number of nitrogens with two attached hydrogens (primary N) is 1. The van der Waals surface area contributed by atoms with Crippen molar-refractivity contribution < 1.29 is 4.74 Å². The predicted molar refractivity (Wildman–Crippen MR) is 74.9 cm³/mol. The third-order valence-corrected chi connectivity index (χ3v) is 3.57. The fourth-order valence-corrected chi connectivity index (χ4v) is 2.46. The molecule has 0 heterocycles. The molecule has 0 radical (unpaired) electrons. The van der Waals surface area contributed by atoms with Crippen LogP contribution in [0.2, 0.25) is 0 Å². The Morgan fingerprint density at radius 3 is 2.78 bits per heavy atom. The van der Waals surface area contributed by atoms with Crippen LogP contribution < -0.4 is 15.8 Å². The smallest absolute Gasteiger partial charge is 0.119 e. The van der Waals surface area contributed by atoms with Crippen LogP contribution in [0.5, 0.6) is 5.75 Å². The van der Waals surface area contributed by atoms with Crippen molar-refractivity contribution >= 4 is 0 Å². The van der Waals surface area contributed by atoms with Crippen molar-refractivity contribution in [2.24, 2.45) is 5.73 Å². The van der Waals surface area contributed by atoms with E-state index >= 15 is 0 Å². The Labute approximate surface area is 110 Å². The summed E-state index contributed by atoms with van der Waals surface area (Å²) in [6, 6.07) is 9.24. The quantitative estimate of drug-likeness (QED) is 0.786. The van der Waals surface area contributed by atoms with Gasteiger partial charge in [-0.05, 0) is 50.3 Å². The molecule has 1 aliphatic carbocycles. The van der Waals surface area contributed by atoms with Crippen molar-refractivity contribution in [1.82, 2.24) is 5.32 Å². The van der Waals surface area contributed by atoms with Gasteiger partial charge in [0.2, 0.25) is 0 Å². The number of ether oxygens (including phenoxy) is 1. The lowest BCUT2D eigenvalue weighted by Crippen LogP contribution is -2.39. The summed E-state index contributed by atoms with van der Waals surface area (Å²) in [5, 5.41) is 3.55. The Hall–Kier alpha value is -1.06. The molecule has 0 bridgehead atoms. The lowest BCUT2D eigenvalue weighted by Gasteiger charge is -2.26. The Kier molecular flexibility index (Phi) is 5.02. The topological polar surface area (TPSA) is 47.3 Å². The molecule has 1 fully saturated rings. The van der Waals surface area contributed by atoms with Crippen LogP contribution in [0.15, 0.2) is 24.3 Å². The van der Waals surface area contributed by atoms with E-state index in [0.29, 0.717) is 12.1 Å². The van der Waals surface area contributed by atoms with E-state index < -0.39 is 0 Å². The molecule has 0 spiro atoms. The minimum absolute atomic E-state index is 0.423. The SMILES string of the molecule is Cc1cccc(OCCNC2CCC(N)CC2)c1. The number of rotatable bonds is 5. The normalized spacial score (nSPS) is 23.9. The van der Waals surface area contributed by atoms with Crippen LogP contribution >= 0.6 is 0 Å². The molecular weight excluding hydrogens is 224 g/mol. The number of benzene rings is 1. The van der Waals surface area contributed by atoms with Crippen molar-refractivity contribution in [3.05, 3.63) is 29.8 Å². The second-order valence-electron chi connectivity index (χ2n) is 5.23. The Balaban J connectivity index is 1.61. The Bertz CT molecular complexity index is 359. The number of hydrogen-bond acceptors (Lipinski definition) is 3. The average molecular weight is 248 g/mol. The summed E-state index contributed by atoms with van der Waals surface area (Å²) in [6.07, 6.45) is 4.70. The predicted octanol–water partition coefficient (Wildman–Crippen LogP) is 2.23. The summed E-state index contributed by atoms with van der Waals surface area (Å²) < 4.78 is 5.71. The van der Waals surface area contributed by atoms with Gasteiger partial charge in [0.25, 0.3) is 0 Å². The third kappa shape index (κ3) is 4.31. The van der Waals surface area contributed by atoms with E-state index in [-0.39, 0.29) is 0 Å². The van der Waals surface area contributed by atoms with Crippen molar-refractivity contribution in [1.29, 1.82) is 0 Å². The molecule has 0 unspecified atom stereocenters. The second-order valence-corrected chi connectivity index (χ2v) is 5.23. The molecule has 0 saturated heterocycles. The summed E-state index contributed by atoms with van der Waals surface area (Å²) >= 11 is 0. The molecule has 0 aromatic heterocycles. The van der Waals surface area contributed by atoms with Gasteiger partial charge in [-0.3, -0.25) is 0 Å². The first-order chi connectivity index (χ1) is 8.74. The van der Waals surface area contributed by atoms with E-state index in [1.54, 1.807) is 0 Å². The summed E-state index contributed by atoms with van der Waals surface area (Å²) in [4.78, 5) is 0. The minimum Gasteiger partial charge on any atom is -0.492 e. The fourth-order valence-electron chi connectivity index (χ4n) is 2.46. The highest BCUT2D eigenvalue weighted by molar-refractivity contribution is 5.27. The van der Waals surface area contributed by atoms with Gasteiger partial charge in [0.15, 0.2) is 0 Å². The maximum absolute atomic E-state index is 5.89. The monoisotopic (exact) mass is 248 g/mol. The molecule has 3 N–H and O–H groups in total. The highest BCUT2D eigenvalue weighted by atomic mass is 16.5. The van der Waals surface area contributed by atoms with E-state index in [1.807, 2.05) is 12.1 Å². The van der Waals surface area contributed by atoms with Crippen molar-refractivity contribution in [3.63, 3.8) is 0 Å². The first-order valence-corrected chi connectivity index (χ1v) is 6.92. The van der Waals surface area contributed by atoms with E-state index in [0.717, 1.165) is 31.7 Å². The molecule has 0 atom stereocenters. The summed E-state index contributed by atoms with van der Waals surface area (Å²) in [6.45, 7) is 3.72. The van der Waals surface area contributed by atoms with Crippen LogP contribution in [0.25, 0.3) is 0 Å². The largest absolute Gasteiger partial charge is 0.492 e. The van der Waals surface area contributed by atoms with Gasteiger partial charge in [-0.15, -0.1) is 0 Å². The molecular formula is C15H24N2O. The van der Waals surface area contributed by atoms with Gasteiger partial charge in [0.1, 0.15) is 12.4 Å². The molecule has 1 aliphatic rings. The van der Waals surface area contributed by atoms with E-state index in [4.69, 9.17) is 10.5 Å². The average Bonchev–Trinajstić information content (AvgIpc) is 2.37.